The van der Waals surface area contributed by atoms with Gasteiger partial charge in [0.15, 0.2) is 5.96 Å². The van der Waals surface area contributed by atoms with Gasteiger partial charge in [-0.2, -0.15) is 0 Å². The molecule has 1 aliphatic rings. The molecule has 0 spiro atoms. The molecule has 0 bridgehead atoms. The van der Waals surface area contributed by atoms with Crippen LogP contribution in [0.3, 0.4) is 0 Å². The number of hydrogen-bond acceptors (Lipinski definition) is 2. The lowest BCUT2D eigenvalue weighted by Gasteiger charge is -2.15. The number of aromatic nitrogens is 2. The van der Waals surface area contributed by atoms with Crippen LogP contribution in [0.2, 0.25) is 0 Å². The molecule has 2 aromatic rings. The quantitative estimate of drug-likeness (QED) is 0.424. The maximum absolute atomic E-state index is 4.73. The Morgan fingerprint density at radius 3 is 2.85 bits per heavy atom. The zero-order chi connectivity index (χ0) is 18.7. The Bertz CT molecular complexity index is 745. The summed E-state index contributed by atoms with van der Waals surface area (Å²) in [7, 11) is 0. The molecule has 0 saturated carbocycles. The van der Waals surface area contributed by atoms with Gasteiger partial charge in [-0.3, -0.25) is 0 Å². The van der Waals surface area contributed by atoms with E-state index in [-0.39, 0.29) is 0 Å². The summed E-state index contributed by atoms with van der Waals surface area (Å²) in [6.45, 7) is 5.27. The van der Waals surface area contributed by atoms with Gasteiger partial charge in [-0.05, 0) is 44.6 Å². The van der Waals surface area contributed by atoms with E-state index < -0.39 is 0 Å². The number of guanidine groups is 1. The maximum Gasteiger partial charge on any atom is 0.191 e. The number of aliphatic imine (C=N–C) groups is 1. The smallest absolute Gasteiger partial charge is 0.191 e. The van der Waals surface area contributed by atoms with Gasteiger partial charge >= 0.3 is 0 Å². The van der Waals surface area contributed by atoms with E-state index in [1.54, 1.807) is 5.57 Å². The van der Waals surface area contributed by atoms with E-state index in [9.17, 15) is 0 Å². The third-order valence-electron chi connectivity index (χ3n) is 4.84. The van der Waals surface area contributed by atoms with E-state index in [0.717, 1.165) is 37.8 Å². The first-order valence-electron chi connectivity index (χ1n) is 10.1. The van der Waals surface area contributed by atoms with Crippen molar-refractivity contribution in [1.29, 1.82) is 0 Å². The molecular weight excluding hydrogens is 334 g/mol. The summed E-state index contributed by atoms with van der Waals surface area (Å²) < 4.78 is 2.16. The zero-order valence-corrected chi connectivity index (χ0v) is 16.3. The highest BCUT2D eigenvalue weighted by Gasteiger charge is 2.06. The fourth-order valence-electron chi connectivity index (χ4n) is 3.38. The average molecular weight is 366 g/mol. The highest BCUT2D eigenvalue weighted by molar-refractivity contribution is 5.79. The first kappa shape index (κ1) is 19.2. The second kappa shape index (κ2) is 10.6. The standard InChI is InChI=1S/C22H31N5/c1-2-23-22(25-14-13-19-9-5-3-6-10-19)26-17-21-24-15-16-27(21)18-20-11-7-4-8-12-20/h4,7-9,11-12,15-16H,2-3,5-6,10,13-14,17-18H2,1H3,(H2,23,25,26). The molecule has 1 aromatic heterocycles. The first-order chi connectivity index (χ1) is 13.3. The van der Waals surface area contributed by atoms with Gasteiger partial charge in [-0.15, -0.1) is 0 Å². The van der Waals surface area contributed by atoms with Crippen LogP contribution in [0.1, 0.15) is 50.4 Å². The molecule has 0 atom stereocenters. The molecule has 0 amide bonds. The van der Waals surface area contributed by atoms with E-state index in [1.807, 2.05) is 18.5 Å². The number of benzene rings is 1. The van der Waals surface area contributed by atoms with Crippen LogP contribution in [0.4, 0.5) is 0 Å². The molecule has 1 heterocycles. The number of imidazole rings is 1. The number of nitrogens with zero attached hydrogens (tertiary/aromatic N) is 3. The lowest BCUT2D eigenvalue weighted by molar-refractivity contribution is 0.664. The monoisotopic (exact) mass is 365 g/mol. The summed E-state index contributed by atoms with van der Waals surface area (Å²) in [4.78, 5) is 9.22. The number of nitrogens with one attached hydrogen (secondary N) is 2. The third kappa shape index (κ3) is 6.27. The van der Waals surface area contributed by atoms with Crippen LogP contribution in [0.5, 0.6) is 0 Å². The molecule has 1 aromatic carbocycles. The van der Waals surface area contributed by atoms with Crippen LogP contribution >= 0.6 is 0 Å². The van der Waals surface area contributed by atoms with Gasteiger partial charge in [0, 0.05) is 32.0 Å². The van der Waals surface area contributed by atoms with Crippen LogP contribution in [0.15, 0.2) is 59.4 Å². The number of rotatable bonds is 8. The van der Waals surface area contributed by atoms with E-state index in [4.69, 9.17) is 4.99 Å². The third-order valence-corrected chi connectivity index (χ3v) is 4.84. The Labute approximate surface area is 162 Å². The average Bonchev–Trinajstić information content (AvgIpc) is 3.14. The van der Waals surface area contributed by atoms with Crippen LogP contribution in [0, 0.1) is 0 Å². The minimum Gasteiger partial charge on any atom is -0.357 e. The van der Waals surface area contributed by atoms with Crippen molar-refractivity contribution in [3.63, 3.8) is 0 Å². The predicted molar refractivity (Wildman–Crippen MR) is 112 cm³/mol. The fourth-order valence-corrected chi connectivity index (χ4v) is 3.38. The molecule has 0 radical (unpaired) electrons. The molecule has 0 saturated heterocycles. The van der Waals surface area contributed by atoms with Gasteiger partial charge in [0.1, 0.15) is 12.4 Å². The molecule has 5 nitrogen and oxygen atoms in total. The summed E-state index contributed by atoms with van der Waals surface area (Å²) >= 11 is 0. The molecule has 144 valence electrons. The Morgan fingerprint density at radius 1 is 1.19 bits per heavy atom. The van der Waals surface area contributed by atoms with Crippen molar-refractivity contribution >= 4 is 5.96 Å². The summed E-state index contributed by atoms with van der Waals surface area (Å²) in [6.07, 6.45) is 12.6. The SMILES string of the molecule is CCNC(=NCc1nccn1Cc1ccccc1)NCCC1=CCCCC1. The molecule has 1 aliphatic carbocycles. The summed E-state index contributed by atoms with van der Waals surface area (Å²) in [5.41, 5.74) is 2.86. The van der Waals surface area contributed by atoms with Crippen molar-refractivity contribution in [2.24, 2.45) is 4.99 Å². The lowest BCUT2D eigenvalue weighted by atomic mass is 9.97. The van der Waals surface area contributed by atoms with Crippen molar-refractivity contribution in [3.8, 4) is 0 Å². The summed E-state index contributed by atoms with van der Waals surface area (Å²) in [5.74, 6) is 1.84. The predicted octanol–water partition coefficient (Wildman–Crippen LogP) is 3.88. The van der Waals surface area contributed by atoms with Crippen molar-refractivity contribution < 1.29 is 0 Å². The highest BCUT2D eigenvalue weighted by atomic mass is 15.2. The molecule has 0 unspecified atom stereocenters. The van der Waals surface area contributed by atoms with Crippen molar-refractivity contribution in [2.45, 2.75) is 52.1 Å². The van der Waals surface area contributed by atoms with E-state index in [2.05, 4.69) is 57.4 Å². The van der Waals surface area contributed by atoms with Crippen molar-refractivity contribution in [3.05, 3.63) is 65.8 Å². The van der Waals surface area contributed by atoms with Gasteiger partial charge in [0.2, 0.25) is 0 Å². The lowest BCUT2D eigenvalue weighted by Crippen LogP contribution is -2.38. The molecular formula is C22H31N5. The van der Waals surface area contributed by atoms with Crippen molar-refractivity contribution in [1.82, 2.24) is 20.2 Å². The van der Waals surface area contributed by atoms with Gasteiger partial charge in [-0.25, -0.2) is 9.98 Å². The van der Waals surface area contributed by atoms with Crippen LogP contribution in [-0.4, -0.2) is 28.6 Å². The number of hydrogen-bond donors (Lipinski definition) is 2. The van der Waals surface area contributed by atoms with Crippen LogP contribution in [-0.2, 0) is 13.1 Å². The van der Waals surface area contributed by atoms with E-state index in [1.165, 1.54) is 31.2 Å². The largest absolute Gasteiger partial charge is 0.357 e. The molecule has 3 rings (SSSR count). The molecule has 27 heavy (non-hydrogen) atoms. The fraction of sp³-hybridized carbons (Fsp3) is 0.455. The zero-order valence-electron chi connectivity index (χ0n) is 16.3. The van der Waals surface area contributed by atoms with Crippen LogP contribution < -0.4 is 10.6 Å². The van der Waals surface area contributed by atoms with Gasteiger partial charge in [0.25, 0.3) is 0 Å². The van der Waals surface area contributed by atoms with E-state index in [0.29, 0.717) is 6.54 Å². The minimum atomic E-state index is 0.567. The van der Waals surface area contributed by atoms with Gasteiger partial charge in [-0.1, -0.05) is 42.0 Å². The summed E-state index contributed by atoms with van der Waals surface area (Å²) in [6, 6.07) is 10.5. The maximum atomic E-state index is 4.73. The summed E-state index contributed by atoms with van der Waals surface area (Å²) in [5, 5.41) is 6.79. The Balaban J connectivity index is 1.55. The minimum absolute atomic E-state index is 0.567. The Hall–Kier alpha value is -2.56. The number of allylic oxidation sites excluding steroid dienone is 1. The second-order valence-corrected chi connectivity index (χ2v) is 6.94. The van der Waals surface area contributed by atoms with Crippen molar-refractivity contribution in [2.75, 3.05) is 13.1 Å². The highest BCUT2D eigenvalue weighted by Crippen LogP contribution is 2.19. The normalized spacial score (nSPS) is 14.7. The van der Waals surface area contributed by atoms with Gasteiger partial charge in [0.05, 0.1) is 0 Å². The Morgan fingerprint density at radius 2 is 2.07 bits per heavy atom. The van der Waals surface area contributed by atoms with E-state index >= 15 is 0 Å². The second-order valence-electron chi connectivity index (χ2n) is 6.94. The first-order valence-corrected chi connectivity index (χ1v) is 10.1. The molecule has 0 fully saturated rings. The topological polar surface area (TPSA) is 54.2 Å². The van der Waals surface area contributed by atoms with Crippen LogP contribution in [0.25, 0.3) is 0 Å². The molecule has 5 heteroatoms. The molecule has 2 N–H and O–H groups in total. The molecule has 0 aliphatic heterocycles. The Kier molecular flexibility index (Phi) is 7.51. The van der Waals surface area contributed by atoms with Gasteiger partial charge < -0.3 is 15.2 Å².